The van der Waals surface area contributed by atoms with Gasteiger partial charge in [-0.2, -0.15) is 0 Å². The Hall–Kier alpha value is -6.03. The molecule has 0 spiro atoms. The number of cyclic esters (lactones) is 1. The predicted octanol–water partition coefficient (Wildman–Crippen LogP) is 1.65. The Morgan fingerprint density at radius 1 is 1.05 bits per heavy atom. The third-order valence-corrected chi connectivity index (χ3v) is 12.0. The number of aliphatic hydroxyl groups is 1. The van der Waals surface area contributed by atoms with E-state index in [2.05, 4.69) is 37.8 Å². The second-order valence-corrected chi connectivity index (χ2v) is 17.1. The van der Waals surface area contributed by atoms with Crippen molar-refractivity contribution < 1.29 is 37.4 Å². The minimum Gasteiger partial charge on any atom is -0.458 e. The number of sulfone groups is 1. The Balaban J connectivity index is 1.01. The van der Waals surface area contributed by atoms with Gasteiger partial charge in [0.2, 0.25) is 32.7 Å². The zero-order chi connectivity index (χ0) is 42.8. The molecule has 60 heavy (non-hydrogen) atoms. The van der Waals surface area contributed by atoms with Crippen LogP contribution in [0.5, 0.6) is 0 Å². The number of rotatable bonds is 14. The third-order valence-electron chi connectivity index (χ3n) is 11.1. The summed E-state index contributed by atoms with van der Waals surface area (Å²) in [5.74, 6) is 3.63. The summed E-state index contributed by atoms with van der Waals surface area (Å²) >= 11 is 0. The van der Waals surface area contributed by atoms with Crippen LogP contribution in [0.3, 0.4) is 0 Å². The van der Waals surface area contributed by atoms with E-state index in [1.807, 2.05) is 6.07 Å². The van der Waals surface area contributed by atoms with Gasteiger partial charge in [-0.05, 0) is 87.2 Å². The van der Waals surface area contributed by atoms with Gasteiger partial charge < -0.3 is 36.1 Å². The first-order valence-corrected chi connectivity index (χ1v) is 21.8. The van der Waals surface area contributed by atoms with Crippen molar-refractivity contribution >= 4 is 50.1 Å². The Labute approximate surface area is 345 Å². The number of anilines is 1. The number of aryl methyl sites for hydroxylation is 2. The zero-order valence-corrected chi connectivity index (χ0v) is 34.2. The minimum atomic E-state index is -3.51. The average Bonchev–Trinajstić information content (AvgIpc) is 3.61. The number of esters is 1. The van der Waals surface area contributed by atoms with Gasteiger partial charge in [0.1, 0.15) is 12.6 Å². The van der Waals surface area contributed by atoms with Crippen LogP contribution in [0.25, 0.3) is 22.3 Å². The molecule has 1 aromatic carbocycles. The maximum atomic E-state index is 13.9. The van der Waals surface area contributed by atoms with E-state index >= 15 is 0 Å². The van der Waals surface area contributed by atoms with Crippen molar-refractivity contribution in [3.63, 3.8) is 0 Å². The number of pyridine rings is 2. The van der Waals surface area contributed by atoms with Crippen molar-refractivity contribution in [2.45, 2.75) is 101 Å². The van der Waals surface area contributed by atoms with E-state index in [0.717, 1.165) is 41.2 Å². The molecular weight excluding hydrogens is 793 g/mol. The number of aromatic nitrogens is 4. The molecule has 0 radical (unpaired) electrons. The molecule has 4 aromatic rings. The summed E-state index contributed by atoms with van der Waals surface area (Å²) in [5, 5.41) is 20.3. The number of ether oxygens (including phenoxy) is 1. The maximum Gasteiger partial charge on any atom is 0.343 e. The highest BCUT2D eigenvalue weighted by Crippen LogP contribution is 2.43. The molecule has 18 heteroatoms. The number of hydrogen-bond acceptors (Lipinski definition) is 13. The van der Waals surface area contributed by atoms with E-state index in [4.69, 9.17) is 15.5 Å². The normalized spacial score (nSPS) is 16.7. The number of benzene rings is 1. The van der Waals surface area contributed by atoms with Gasteiger partial charge in [-0.25, -0.2) is 28.2 Å². The van der Waals surface area contributed by atoms with Crippen LogP contribution in [-0.4, -0.2) is 82.1 Å². The molecule has 1 aliphatic carbocycles. The molecule has 314 valence electrons. The van der Waals surface area contributed by atoms with E-state index in [9.17, 15) is 37.5 Å². The van der Waals surface area contributed by atoms with Gasteiger partial charge in [-0.3, -0.25) is 19.2 Å². The highest BCUT2D eigenvalue weighted by atomic mass is 32.2. The fraction of sp³-hybridized carbons (Fsp3) is 0.429. The Morgan fingerprint density at radius 3 is 2.55 bits per heavy atom. The standard InChI is InChI=1S/C42H46N8O9S/c1-3-42(56)29-18-33-37-27(22-50(33)39(54)28(29)23-59-40(42)55)25-11-9-12-26-30(15-16-31(48-37)36(25)26)49-38(53)32(13-7-8-17-43)47-35(52)21-44-34(51)14-6-4-5-10-24-19-45-41(46-20-24)60(2,57)58/h15-16,18-20,32,56H,3-4,6-9,11-14,17,21-23,43H2,1-2H3,(H,44,51)(H,47,52)(H,49,53)/t32-,42-/m0/s1. The lowest BCUT2D eigenvalue weighted by molar-refractivity contribution is -0.172. The largest absolute Gasteiger partial charge is 0.458 e. The maximum absolute atomic E-state index is 13.9. The van der Waals surface area contributed by atoms with Crippen LogP contribution in [0.1, 0.15) is 91.7 Å². The molecule has 2 atom stereocenters. The Kier molecular flexibility index (Phi) is 12.1. The molecule has 3 aliphatic rings. The van der Waals surface area contributed by atoms with Crippen LogP contribution in [0.4, 0.5) is 5.69 Å². The molecule has 0 saturated heterocycles. The van der Waals surface area contributed by atoms with Crippen LogP contribution in [-0.2, 0) is 65.3 Å². The summed E-state index contributed by atoms with van der Waals surface area (Å²) in [7, 11) is -3.51. The fourth-order valence-corrected chi connectivity index (χ4v) is 8.49. The number of nitrogens with zero attached hydrogens (tertiary/aromatic N) is 4. The van der Waals surface area contributed by atoms with Gasteiger partial charge in [0, 0.05) is 53.7 Å². The summed E-state index contributed by atoms with van der Waals surface area (Å²) < 4.78 is 29.9. The molecule has 0 fully saturated rings. The third kappa shape index (κ3) is 8.37. The Bertz CT molecular complexity index is 2650. The smallest absolute Gasteiger partial charge is 0.343 e. The Morgan fingerprint density at radius 2 is 1.82 bits per heavy atom. The van der Waals surface area contributed by atoms with E-state index < -0.39 is 39.3 Å². The zero-order valence-electron chi connectivity index (χ0n) is 33.4. The topological polar surface area (TPSA) is 255 Å². The number of unbranched alkanes of at least 4 members (excludes halogenated alkanes) is 2. The second-order valence-electron chi connectivity index (χ2n) is 15.2. The molecule has 0 bridgehead atoms. The van der Waals surface area contributed by atoms with Crippen molar-refractivity contribution in [2.24, 2.45) is 5.73 Å². The molecule has 0 saturated carbocycles. The molecule has 7 rings (SSSR count). The monoisotopic (exact) mass is 838 g/mol. The number of nitrogens with one attached hydrogen (secondary N) is 3. The molecule has 2 aliphatic heterocycles. The number of hydrogen-bond donors (Lipinski definition) is 5. The first-order chi connectivity index (χ1) is 28.7. The summed E-state index contributed by atoms with van der Waals surface area (Å²) in [5.41, 5.74) is 9.65. The van der Waals surface area contributed by atoms with Gasteiger partial charge in [-0.15, -0.1) is 0 Å². The first-order valence-electron chi connectivity index (χ1n) is 20.0. The van der Waals surface area contributed by atoms with Crippen molar-refractivity contribution in [1.82, 2.24) is 30.2 Å². The summed E-state index contributed by atoms with van der Waals surface area (Å²) in [4.78, 5) is 78.4. The summed E-state index contributed by atoms with van der Waals surface area (Å²) in [6.45, 7) is 1.81. The number of amides is 3. The van der Waals surface area contributed by atoms with E-state index in [-0.39, 0.29) is 60.3 Å². The van der Waals surface area contributed by atoms with Gasteiger partial charge in [0.25, 0.3) is 5.56 Å². The lowest BCUT2D eigenvalue weighted by Crippen LogP contribution is -2.47. The van der Waals surface area contributed by atoms with E-state index in [0.29, 0.717) is 73.2 Å². The van der Waals surface area contributed by atoms with Gasteiger partial charge in [-0.1, -0.05) is 18.8 Å². The SMILES string of the molecule is CC[C@@]1(O)C(=O)OCc2c1cc1n(c2=O)Cc2c-1nc1ccc(NC(=O)[C@H](CCCCN)NC(=O)CNC(=O)CCCC#Cc3cnc(S(C)(=O)=O)nc3)c3c1c2CCC3. The van der Waals surface area contributed by atoms with Gasteiger partial charge in [0.05, 0.1) is 41.1 Å². The first kappa shape index (κ1) is 42.1. The molecule has 17 nitrogen and oxygen atoms in total. The van der Waals surface area contributed by atoms with Crippen molar-refractivity contribution in [3.8, 4) is 23.2 Å². The minimum absolute atomic E-state index is 0.0446. The summed E-state index contributed by atoms with van der Waals surface area (Å²) in [6, 6.07) is 4.40. The number of carbonyl (C=O) groups is 4. The molecule has 5 heterocycles. The van der Waals surface area contributed by atoms with Crippen molar-refractivity contribution in [3.05, 3.63) is 74.3 Å². The van der Waals surface area contributed by atoms with Crippen LogP contribution < -0.4 is 27.2 Å². The van der Waals surface area contributed by atoms with Crippen molar-refractivity contribution in [1.29, 1.82) is 0 Å². The number of fused-ring (bicyclic) bond motifs is 5. The lowest BCUT2D eigenvalue weighted by Gasteiger charge is -2.31. The lowest BCUT2D eigenvalue weighted by atomic mass is 9.85. The molecule has 3 amide bonds. The molecule has 6 N–H and O–H groups in total. The highest BCUT2D eigenvalue weighted by Gasteiger charge is 2.45. The summed E-state index contributed by atoms with van der Waals surface area (Å²) in [6.07, 6.45) is 8.31. The number of nitrogens with two attached hydrogens (primary N) is 1. The molecule has 3 aromatic heterocycles. The van der Waals surface area contributed by atoms with E-state index in [1.165, 1.54) is 12.4 Å². The predicted molar refractivity (Wildman–Crippen MR) is 219 cm³/mol. The van der Waals surface area contributed by atoms with Crippen LogP contribution >= 0.6 is 0 Å². The second kappa shape index (κ2) is 17.3. The van der Waals surface area contributed by atoms with E-state index in [1.54, 1.807) is 23.6 Å². The van der Waals surface area contributed by atoms with Crippen LogP contribution in [0.2, 0.25) is 0 Å². The van der Waals surface area contributed by atoms with Gasteiger partial charge in [0.15, 0.2) is 5.60 Å². The molecular formula is C42H46N8O9S. The fourth-order valence-electron chi connectivity index (χ4n) is 8.00. The quantitative estimate of drug-likeness (QED) is 0.0462. The van der Waals surface area contributed by atoms with Crippen molar-refractivity contribution in [2.75, 3.05) is 24.7 Å². The average molecular weight is 839 g/mol. The van der Waals surface area contributed by atoms with Gasteiger partial charge >= 0.3 is 5.97 Å². The van der Waals surface area contributed by atoms with Crippen LogP contribution in [0, 0.1) is 11.8 Å². The number of carbonyl (C=O) groups excluding carboxylic acids is 4. The highest BCUT2D eigenvalue weighted by molar-refractivity contribution is 7.90. The molecule has 0 unspecified atom stereocenters. The van der Waals surface area contributed by atoms with Crippen LogP contribution in [0.15, 0.2) is 40.5 Å².